The first-order valence-corrected chi connectivity index (χ1v) is 5.09. The van der Waals surface area contributed by atoms with Gasteiger partial charge in [-0.1, -0.05) is 20.8 Å². The molecule has 1 atom stereocenters. The van der Waals surface area contributed by atoms with Crippen LogP contribution in [0.2, 0.25) is 0 Å². The molecule has 0 bridgehead atoms. The molecule has 0 amide bonds. The molecule has 0 heterocycles. The van der Waals surface area contributed by atoms with Crippen molar-refractivity contribution in [3.8, 4) is 0 Å². The highest BCUT2D eigenvalue weighted by molar-refractivity contribution is 4.79. The van der Waals surface area contributed by atoms with E-state index in [0.29, 0.717) is 5.41 Å². The smallest absolute Gasteiger partial charge is 0.0741 e. The van der Waals surface area contributed by atoms with Gasteiger partial charge in [0.15, 0.2) is 0 Å². The normalized spacial score (nSPS) is 15.9. The fourth-order valence-electron chi connectivity index (χ4n) is 0.913. The largest absolute Gasteiger partial charge is 0.389 e. The summed E-state index contributed by atoms with van der Waals surface area (Å²) in [5.41, 5.74) is -0.260. The van der Waals surface area contributed by atoms with Crippen LogP contribution in [0.4, 0.5) is 0 Å². The second-order valence-corrected chi connectivity index (χ2v) is 5.64. The summed E-state index contributed by atoms with van der Waals surface area (Å²) in [4.78, 5) is 0. The van der Waals surface area contributed by atoms with E-state index in [1.807, 2.05) is 20.8 Å². The topological polar surface area (TPSA) is 32.3 Å². The molecule has 13 heavy (non-hydrogen) atoms. The highest BCUT2D eigenvalue weighted by atomic mass is 16.3. The zero-order valence-electron chi connectivity index (χ0n) is 9.94. The van der Waals surface area contributed by atoms with Crippen LogP contribution in [0.15, 0.2) is 0 Å². The predicted octanol–water partition coefficient (Wildman–Crippen LogP) is 2.17. The summed E-state index contributed by atoms with van der Waals surface area (Å²) in [5, 5.41) is 13.0. The maximum absolute atomic E-state index is 9.65. The standard InChI is InChI=1S/C11H25NO/c1-9(11(5,6)13)12-8-7-10(2,3)4/h9,12-13H,7-8H2,1-6H3. The first-order valence-electron chi connectivity index (χ1n) is 5.09. The quantitative estimate of drug-likeness (QED) is 0.707. The van der Waals surface area contributed by atoms with Gasteiger partial charge in [-0.05, 0) is 39.2 Å². The summed E-state index contributed by atoms with van der Waals surface area (Å²) < 4.78 is 0. The fourth-order valence-corrected chi connectivity index (χ4v) is 0.913. The van der Waals surface area contributed by atoms with Crippen LogP contribution in [0, 0.1) is 5.41 Å². The molecule has 0 aliphatic heterocycles. The highest BCUT2D eigenvalue weighted by Crippen LogP contribution is 2.17. The molecule has 0 spiro atoms. The number of hydrogen-bond donors (Lipinski definition) is 2. The van der Waals surface area contributed by atoms with Crippen molar-refractivity contribution in [2.45, 2.75) is 59.6 Å². The lowest BCUT2D eigenvalue weighted by atomic mass is 9.92. The lowest BCUT2D eigenvalue weighted by Crippen LogP contribution is -2.45. The van der Waals surface area contributed by atoms with Gasteiger partial charge < -0.3 is 10.4 Å². The summed E-state index contributed by atoms with van der Waals surface area (Å²) in [5.74, 6) is 0. The van der Waals surface area contributed by atoms with Gasteiger partial charge in [-0.15, -0.1) is 0 Å². The molecule has 0 saturated heterocycles. The molecule has 0 saturated carbocycles. The number of hydrogen-bond acceptors (Lipinski definition) is 2. The van der Waals surface area contributed by atoms with Gasteiger partial charge in [0.05, 0.1) is 5.60 Å². The van der Waals surface area contributed by atoms with E-state index in [4.69, 9.17) is 0 Å². The van der Waals surface area contributed by atoms with Crippen molar-refractivity contribution in [2.75, 3.05) is 6.54 Å². The van der Waals surface area contributed by atoms with E-state index in [1.165, 1.54) is 0 Å². The van der Waals surface area contributed by atoms with Crippen LogP contribution in [-0.4, -0.2) is 23.3 Å². The van der Waals surface area contributed by atoms with Gasteiger partial charge >= 0.3 is 0 Å². The minimum Gasteiger partial charge on any atom is -0.389 e. The van der Waals surface area contributed by atoms with Gasteiger partial charge in [0, 0.05) is 6.04 Å². The first-order chi connectivity index (χ1) is 5.63. The SMILES string of the molecule is CC(NCCC(C)(C)C)C(C)(C)O. The lowest BCUT2D eigenvalue weighted by molar-refractivity contribution is 0.0434. The Kier molecular flexibility index (Phi) is 4.40. The van der Waals surface area contributed by atoms with E-state index in [9.17, 15) is 5.11 Å². The van der Waals surface area contributed by atoms with Gasteiger partial charge in [0.2, 0.25) is 0 Å². The molecule has 2 N–H and O–H groups in total. The summed E-state index contributed by atoms with van der Waals surface area (Å²) in [6, 6.07) is 0.148. The third-order valence-corrected chi connectivity index (χ3v) is 2.39. The first kappa shape index (κ1) is 12.9. The maximum Gasteiger partial charge on any atom is 0.0741 e. The third-order valence-electron chi connectivity index (χ3n) is 2.39. The summed E-state index contributed by atoms with van der Waals surface area (Å²) in [6.07, 6.45) is 1.13. The average molecular weight is 187 g/mol. The van der Waals surface area contributed by atoms with E-state index in [0.717, 1.165) is 13.0 Å². The van der Waals surface area contributed by atoms with Crippen LogP contribution in [0.1, 0.15) is 48.0 Å². The molecule has 0 radical (unpaired) electrons. The number of nitrogens with one attached hydrogen (secondary N) is 1. The van der Waals surface area contributed by atoms with E-state index >= 15 is 0 Å². The van der Waals surface area contributed by atoms with Crippen molar-refractivity contribution < 1.29 is 5.11 Å². The predicted molar refractivity (Wildman–Crippen MR) is 57.8 cm³/mol. The van der Waals surface area contributed by atoms with Crippen LogP contribution >= 0.6 is 0 Å². The Labute approximate surface area is 82.7 Å². The van der Waals surface area contributed by atoms with Gasteiger partial charge in [-0.3, -0.25) is 0 Å². The Hall–Kier alpha value is -0.0800. The summed E-state index contributed by atoms with van der Waals surface area (Å²) in [6.45, 7) is 13.3. The van der Waals surface area contributed by atoms with Crippen LogP contribution in [0.25, 0.3) is 0 Å². The Morgan fingerprint density at radius 1 is 1.15 bits per heavy atom. The lowest BCUT2D eigenvalue weighted by Gasteiger charge is -2.28. The highest BCUT2D eigenvalue weighted by Gasteiger charge is 2.21. The van der Waals surface area contributed by atoms with Crippen molar-refractivity contribution in [1.82, 2.24) is 5.32 Å². The zero-order valence-corrected chi connectivity index (χ0v) is 9.94. The number of aliphatic hydroxyl groups is 1. The van der Waals surface area contributed by atoms with Gasteiger partial charge in [0.25, 0.3) is 0 Å². The molecular formula is C11H25NO. The monoisotopic (exact) mass is 187 g/mol. The molecule has 2 nitrogen and oxygen atoms in total. The number of rotatable bonds is 4. The Bertz CT molecular complexity index is 141. The molecule has 2 heteroatoms. The second-order valence-electron chi connectivity index (χ2n) is 5.64. The maximum atomic E-state index is 9.65. The van der Waals surface area contributed by atoms with E-state index in [-0.39, 0.29) is 6.04 Å². The van der Waals surface area contributed by atoms with Crippen LogP contribution < -0.4 is 5.32 Å². The Morgan fingerprint density at radius 3 is 1.92 bits per heavy atom. The molecule has 1 unspecified atom stereocenters. The van der Waals surface area contributed by atoms with Gasteiger partial charge in [-0.2, -0.15) is 0 Å². The van der Waals surface area contributed by atoms with Gasteiger partial charge in [0.1, 0.15) is 0 Å². The van der Waals surface area contributed by atoms with E-state index in [1.54, 1.807) is 0 Å². The van der Waals surface area contributed by atoms with Crippen molar-refractivity contribution in [1.29, 1.82) is 0 Å². The molecule has 0 aromatic heterocycles. The molecule has 0 fully saturated rings. The van der Waals surface area contributed by atoms with Crippen molar-refractivity contribution >= 4 is 0 Å². The molecule has 0 aliphatic rings. The summed E-state index contributed by atoms with van der Waals surface area (Å²) in [7, 11) is 0. The van der Waals surface area contributed by atoms with E-state index < -0.39 is 5.60 Å². The molecule has 80 valence electrons. The van der Waals surface area contributed by atoms with Crippen molar-refractivity contribution in [2.24, 2.45) is 5.41 Å². The minimum absolute atomic E-state index is 0.148. The molecule has 0 aromatic rings. The zero-order chi connectivity index (χ0) is 10.7. The Morgan fingerprint density at radius 2 is 1.62 bits per heavy atom. The fraction of sp³-hybridized carbons (Fsp3) is 1.00. The van der Waals surface area contributed by atoms with Crippen LogP contribution in [0.5, 0.6) is 0 Å². The summed E-state index contributed by atoms with van der Waals surface area (Å²) >= 11 is 0. The average Bonchev–Trinajstić information content (AvgIpc) is 1.82. The van der Waals surface area contributed by atoms with Gasteiger partial charge in [-0.25, -0.2) is 0 Å². The van der Waals surface area contributed by atoms with Crippen molar-refractivity contribution in [3.63, 3.8) is 0 Å². The van der Waals surface area contributed by atoms with Crippen LogP contribution in [0.3, 0.4) is 0 Å². The van der Waals surface area contributed by atoms with Crippen molar-refractivity contribution in [3.05, 3.63) is 0 Å². The molecule has 0 aliphatic carbocycles. The minimum atomic E-state index is -0.627. The molecular weight excluding hydrogens is 162 g/mol. The second kappa shape index (κ2) is 4.43. The van der Waals surface area contributed by atoms with E-state index in [2.05, 4.69) is 26.1 Å². The third kappa shape index (κ3) is 7.03. The van der Waals surface area contributed by atoms with Crippen LogP contribution in [-0.2, 0) is 0 Å². The molecule has 0 aromatic carbocycles. The molecule has 0 rings (SSSR count). The Balaban J connectivity index is 3.67.